The van der Waals surface area contributed by atoms with Crippen LogP contribution >= 0.6 is 0 Å². The van der Waals surface area contributed by atoms with E-state index in [1.165, 1.54) is 6.42 Å². The number of nitrogens with one attached hydrogen (secondary N) is 1. The minimum atomic E-state index is -0.805. The summed E-state index contributed by atoms with van der Waals surface area (Å²) in [6.07, 6.45) is 8.01. The molecular formula is C17H29NO3. The van der Waals surface area contributed by atoms with Crippen LogP contribution in [0.2, 0.25) is 0 Å². The van der Waals surface area contributed by atoms with Crippen molar-refractivity contribution in [2.75, 3.05) is 0 Å². The van der Waals surface area contributed by atoms with Crippen LogP contribution in [0.5, 0.6) is 0 Å². The van der Waals surface area contributed by atoms with Gasteiger partial charge in [-0.1, -0.05) is 33.1 Å². The Balaban J connectivity index is 1.93. The molecule has 0 spiro atoms. The quantitative estimate of drug-likeness (QED) is 0.783. The first-order chi connectivity index (χ1) is 10.0. The molecule has 1 amide bonds. The van der Waals surface area contributed by atoms with Gasteiger partial charge in [0.15, 0.2) is 0 Å². The normalized spacial score (nSPS) is 37.0. The summed E-state index contributed by atoms with van der Waals surface area (Å²) in [6, 6.07) is 0.248. The van der Waals surface area contributed by atoms with Crippen LogP contribution in [0, 0.1) is 23.7 Å². The lowest BCUT2D eigenvalue weighted by Crippen LogP contribution is -2.41. The van der Waals surface area contributed by atoms with Crippen LogP contribution in [0.4, 0.5) is 0 Å². The summed E-state index contributed by atoms with van der Waals surface area (Å²) in [5.41, 5.74) is 0. The van der Waals surface area contributed by atoms with Crippen LogP contribution in [0.15, 0.2) is 0 Å². The van der Waals surface area contributed by atoms with Crippen molar-refractivity contribution in [2.45, 2.75) is 71.3 Å². The number of hydrogen-bond donors (Lipinski definition) is 2. The molecule has 2 rings (SSSR count). The summed E-state index contributed by atoms with van der Waals surface area (Å²) in [4.78, 5) is 23.9. The highest BCUT2D eigenvalue weighted by Crippen LogP contribution is 2.38. The average Bonchev–Trinajstić information content (AvgIpc) is 2.79. The van der Waals surface area contributed by atoms with Gasteiger partial charge in [0.25, 0.3) is 0 Å². The lowest BCUT2D eigenvalue weighted by molar-refractivity contribution is -0.146. The first-order valence-electron chi connectivity index (χ1n) is 8.54. The molecule has 2 fully saturated rings. The van der Waals surface area contributed by atoms with Gasteiger partial charge in [0.2, 0.25) is 5.91 Å². The van der Waals surface area contributed by atoms with Crippen LogP contribution in [0.3, 0.4) is 0 Å². The third-order valence-electron chi connectivity index (χ3n) is 5.50. The second-order valence-corrected chi connectivity index (χ2v) is 7.12. The van der Waals surface area contributed by atoms with E-state index in [2.05, 4.69) is 19.2 Å². The van der Waals surface area contributed by atoms with Gasteiger partial charge in [-0.15, -0.1) is 0 Å². The number of carbonyl (C=O) groups is 2. The fraction of sp³-hybridized carbons (Fsp3) is 0.882. The van der Waals surface area contributed by atoms with Gasteiger partial charge in [-0.2, -0.15) is 0 Å². The molecule has 2 saturated carbocycles. The number of carboxylic acid groups (broad SMARTS) is 1. The maximum atomic E-state index is 12.5. The van der Waals surface area contributed by atoms with Gasteiger partial charge in [-0.25, -0.2) is 0 Å². The number of hydrogen-bond acceptors (Lipinski definition) is 2. The predicted molar refractivity (Wildman–Crippen MR) is 81.8 cm³/mol. The largest absolute Gasteiger partial charge is 0.481 e. The maximum absolute atomic E-state index is 12.5. The second-order valence-electron chi connectivity index (χ2n) is 7.12. The molecule has 5 atom stereocenters. The molecule has 120 valence electrons. The Morgan fingerprint density at radius 1 is 1.10 bits per heavy atom. The summed E-state index contributed by atoms with van der Waals surface area (Å²) >= 11 is 0. The zero-order valence-corrected chi connectivity index (χ0v) is 13.3. The predicted octanol–water partition coefficient (Wildman–Crippen LogP) is 3.21. The zero-order valence-electron chi connectivity index (χ0n) is 13.3. The van der Waals surface area contributed by atoms with E-state index in [1.807, 2.05) is 0 Å². The average molecular weight is 295 g/mol. The number of aliphatic carboxylic acids is 1. The van der Waals surface area contributed by atoms with Crippen molar-refractivity contribution in [3.05, 3.63) is 0 Å². The summed E-state index contributed by atoms with van der Waals surface area (Å²) < 4.78 is 0. The molecule has 0 heterocycles. The molecule has 2 N–H and O–H groups in total. The highest BCUT2D eigenvalue weighted by molar-refractivity contribution is 5.85. The summed E-state index contributed by atoms with van der Waals surface area (Å²) in [5, 5.41) is 12.5. The molecule has 0 saturated heterocycles. The second kappa shape index (κ2) is 7.28. The lowest BCUT2D eigenvalue weighted by Gasteiger charge is -2.21. The van der Waals surface area contributed by atoms with Gasteiger partial charge < -0.3 is 10.4 Å². The fourth-order valence-corrected chi connectivity index (χ4v) is 3.98. The number of amides is 1. The molecule has 0 aromatic rings. The number of rotatable bonds is 4. The van der Waals surface area contributed by atoms with Crippen LogP contribution in [-0.2, 0) is 9.59 Å². The Hall–Kier alpha value is -1.06. The molecular weight excluding hydrogens is 266 g/mol. The van der Waals surface area contributed by atoms with Crippen LogP contribution in [-0.4, -0.2) is 23.0 Å². The first-order valence-corrected chi connectivity index (χ1v) is 8.54. The van der Waals surface area contributed by atoms with E-state index in [1.54, 1.807) is 0 Å². The van der Waals surface area contributed by atoms with Crippen LogP contribution in [0.1, 0.15) is 65.2 Å². The van der Waals surface area contributed by atoms with E-state index in [-0.39, 0.29) is 17.9 Å². The lowest BCUT2D eigenvalue weighted by atomic mass is 9.94. The molecule has 0 aromatic heterocycles. The first kappa shape index (κ1) is 16.3. The van der Waals surface area contributed by atoms with Crippen molar-refractivity contribution in [3.63, 3.8) is 0 Å². The third kappa shape index (κ3) is 4.21. The number of carbonyl (C=O) groups excluding carboxylic acids is 1. The smallest absolute Gasteiger partial charge is 0.307 e. The standard InChI is InChI=1S/C17H29NO3/c1-3-12-9-14(15(10-12)17(20)21)16(19)18-13-6-4-5-11(2)7-8-13/h11-15H,3-10H2,1-2H3,(H,18,19)(H,20,21). The molecule has 5 unspecified atom stereocenters. The minimum Gasteiger partial charge on any atom is -0.481 e. The molecule has 0 aromatic carbocycles. The molecule has 0 bridgehead atoms. The van der Waals surface area contributed by atoms with Crippen molar-refractivity contribution < 1.29 is 14.7 Å². The Bertz CT molecular complexity index is 382. The van der Waals surface area contributed by atoms with E-state index in [9.17, 15) is 14.7 Å². The van der Waals surface area contributed by atoms with E-state index >= 15 is 0 Å². The van der Waals surface area contributed by atoms with E-state index in [4.69, 9.17) is 0 Å². The molecule has 2 aliphatic rings. The number of carboxylic acids is 1. The monoisotopic (exact) mass is 295 g/mol. The van der Waals surface area contributed by atoms with Crippen LogP contribution in [0.25, 0.3) is 0 Å². The van der Waals surface area contributed by atoms with Gasteiger partial charge in [0.05, 0.1) is 11.8 Å². The van der Waals surface area contributed by atoms with Gasteiger partial charge in [0.1, 0.15) is 0 Å². The maximum Gasteiger partial charge on any atom is 0.307 e. The SMILES string of the molecule is CCC1CC(C(=O)O)C(C(=O)NC2CCCC(C)CC2)C1. The third-order valence-corrected chi connectivity index (χ3v) is 5.50. The molecule has 4 nitrogen and oxygen atoms in total. The highest BCUT2D eigenvalue weighted by atomic mass is 16.4. The topological polar surface area (TPSA) is 66.4 Å². The summed E-state index contributed by atoms with van der Waals surface area (Å²) in [7, 11) is 0. The minimum absolute atomic E-state index is 0.0158. The summed E-state index contributed by atoms with van der Waals surface area (Å²) in [5.74, 6) is -0.503. The van der Waals surface area contributed by atoms with E-state index in [0.29, 0.717) is 12.3 Å². The van der Waals surface area contributed by atoms with E-state index in [0.717, 1.165) is 44.4 Å². The van der Waals surface area contributed by atoms with Gasteiger partial charge in [-0.3, -0.25) is 9.59 Å². The Morgan fingerprint density at radius 3 is 2.48 bits per heavy atom. The van der Waals surface area contributed by atoms with Gasteiger partial charge in [0, 0.05) is 6.04 Å². The van der Waals surface area contributed by atoms with Crippen LogP contribution < -0.4 is 5.32 Å². The molecule has 0 radical (unpaired) electrons. The highest BCUT2D eigenvalue weighted by Gasteiger charge is 2.42. The van der Waals surface area contributed by atoms with Crippen molar-refractivity contribution >= 4 is 11.9 Å². The summed E-state index contributed by atoms with van der Waals surface area (Å²) in [6.45, 7) is 4.35. The Kier molecular flexibility index (Phi) is 5.65. The van der Waals surface area contributed by atoms with Crippen molar-refractivity contribution in [2.24, 2.45) is 23.7 Å². The van der Waals surface area contributed by atoms with Crippen molar-refractivity contribution in [1.29, 1.82) is 0 Å². The Morgan fingerprint density at radius 2 is 1.81 bits per heavy atom. The zero-order chi connectivity index (χ0) is 15.4. The van der Waals surface area contributed by atoms with Gasteiger partial charge >= 0.3 is 5.97 Å². The molecule has 4 heteroatoms. The fourth-order valence-electron chi connectivity index (χ4n) is 3.98. The Labute approximate surface area is 127 Å². The molecule has 21 heavy (non-hydrogen) atoms. The van der Waals surface area contributed by atoms with Crippen molar-refractivity contribution in [3.8, 4) is 0 Å². The van der Waals surface area contributed by atoms with Crippen molar-refractivity contribution in [1.82, 2.24) is 5.32 Å². The van der Waals surface area contributed by atoms with E-state index < -0.39 is 11.9 Å². The molecule has 2 aliphatic carbocycles. The molecule has 0 aliphatic heterocycles. The van der Waals surface area contributed by atoms with Gasteiger partial charge in [-0.05, 0) is 43.9 Å².